The van der Waals surface area contributed by atoms with Gasteiger partial charge in [-0.25, -0.2) is 0 Å². The molecule has 0 aromatic heterocycles. The second-order valence-corrected chi connectivity index (χ2v) is 5.24. The Kier molecular flexibility index (Phi) is 4.74. The highest BCUT2D eigenvalue weighted by molar-refractivity contribution is 5.83. The Hall–Kier alpha value is -1.88. The minimum atomic E-state index is -0.673. The number of hydrogen-bond donors (Lipinski definition) is 2. The third-order valence-electron chi connectivity index (χ3n) is 3.50. The Bertz CT molecular complexity index is 475. The summed E-state index contributed by atoms with van der Waals surface area (Å²) >= 11 is 0. The van der Waals surface area contributed by atoms with E-state index >= 15 is 0 Å². The summed E-state index contributed by atoms with van der Waals surface area (Å²) in [7, 11) is 0. The largest absolute Gasteiger partial charge is 0.350 e. The van der Waals surface area contributed by atoms with E-state index in [2.05, 4.69) is 5.32 Å². The molecule has 5 nitrogen and oxygen atoms in total. The maximum atomic E-state index is 12.1. The first-order valence-electron chi connectivity index (χ1n) is 6.96. The number of likely N-dealkylation sites (tertiary alicyclic amines) is 1. The van der Waals surface area contributed by atoms with Crippen molar-refractivity contribution < 1.29 is 9.59 Å². The van der Waals surface area contributed by atoms with E-state index in [0.717, 1.165) is 18.5 Å². The van der Waals surface area contributed by atoms with Gasteiger partial charge in [-0.15, -0.1) is 0 Å². The van der Waals surface area contributed by atoms with Crippen LogP contribution >= 0.6 is 0 Å². The minimum absolute atomic E-state index is 0.0979. The van der Waals surface area contributed by atoms with Crippen molar-refractivity contribution in [1.29, 1.82) is 0 Å². The third-order valence-corrected chi connectivity index (χ3v) is 3.50. The molecule has 1 fully saturated rings. The number of rotatable bonds is 5. The molecule has 0 saturated carbocycles. The van der Waals surface area contributed by atoms with Gasteiger partial charge >= 0.3 is 0 Å². The quantitative estimate of drug-likeness (QED) is 0.835. The zero-order valence-corrected chi connectivity index (χ0v) is 11.7. The van der Waals surface area contributed by atoms with Crippen molar-refractivity contribution in [1.82, 2.24) is 10.2 Å². The molecule has 1 saturated heterocycles. The van der Waals surface area contributed by atoms with Crippen molar-refractivity contribution in [3.05, 3.63) is 35.9 Å². The molecule has 0 aliphatic carbocycles. The van der Waals surface area contributed by atoms with Gasteiger partial charge in [-0.1, -0.05) is 30.3 Å². The zero-order chi connectivity index (χ0) is 14.5. The van der Waals surface area contributed by atoms with Crippen LogP contribution in [-0.2, 0) is 9.59 Å². The number of carbonyl (C=O) groups excluding carboxylic acids is 2. The summed E-state index contributed by atoms with van der Waals surface area (Å²) in [4.78, 5) is 25.4. The van der Waals surface area contributed by atoms with Crippen molar-refractivity contribution in [3.63, 3.8) is 0 Å². The average molecular weight is 275 g/mol. The van der Waals surface area contributed by atoms with Gasteiger partial charge in [-0.05, 0) is 18.9 Å². The number of nitrogens with one attached hydrogen (secondary N) is 1. The van der Waals surface area contributed by atoms with Gasteiger partial charge in [0.05, 0.1) is 0 Å². The Morgan fingerprint density at radius 2 is 2.10 bits per heavy atom. The monoisotopic (exact) mass is 275 g/mol. The van der Waals surface area contributed by atoms with E-state index in [0.29, 0.717) is 13.0 Å². The fourth-order valence-corrected chi connectivity index (χ4v) is 2.42. The topological polar surface area (TPSA) is 75.4 Å². The first kappa shape index (κ1) is 14.5. The second kappa shape index (κ2) is 6.52. The lowest BCUT2D eigenvalue weighted by Gasteiger charge is -2.23. The van der Waals surface area contributed by atoms with Gasteiger partial charge in [0.2, 0.25) is 11.8 Å². The standard InChI is InChI=1S/C15H21N3O2/c1-11(10-18-9-5-8-13(18)19)17-15(20)14(16)12-6-3-2-4-7-12/h2-4,6-7,11,14H,5,8-10,16H2,1H3,(H,17,20). The van der Waals surface area contributed by atoms with Gasteiger partial charge in [0.15, 0.2) is 0 Å². The first-order chi connectivity index (χ1) is 9.58. The van der Waals surface area contributed by atoms with Gasteiger partial charge < -0.3 is 16.0 Å². The van der Waals surface area contributed by atoms with Gasteiger partial charge in [0.1, 0.15) is 6.04 Å². The van der Waals surface area contributed by atoms with Crippen molar-refractivity contribution in [3.8, 4) is 0 Å². The SMILES string of the molecule is CC(CN1CCCC1=O)NC(=O)C(N)c1ccccc1. The van der Waals surface area contributed by atoms with Crippen LogP contribution in [0.25, 0.3) is 0 Å². The highest BCUT2D eigenvalue weighted by atomic mass is 16.2. The van der Waals surface area contributed by atoms with Crippen LogP contribution in [0, 0.1) is 0 Å². The van der Waals surface area contributed by atoms with E-state index in [1.54, 1.807) is 4.90 Å². The fourth-order valence-electron chi connectivity index (χ4n) is 2.42. The third kappa shape index (κ3) is 3.57. The molecule has 1 aromatic rings. The molecule has 1 aromatic carbocycles. The predicted molar refractivity (Wildman–Crippen MR) is 76.8 cm³/mol. The van der Waals surface area contributed by atoms with Crippen molar-refractivity contribution >= 4 is 11.8 Å². The van der Waals surface area contributed by atoms with Crippen molar-refractivity contribution in [2.75, 3.05) is 13.1 Å². The smallest absolute Gasteiger partial charge is 0.241 e. The van der Waals surface area contributed by atoms with Gasteiger partial charge in [-0.3, -0.25) is 9.59 Å². The molecule has 1 aliphatic heterocycles. The lowest BCUT2D eigenvalue weighted by molar-refractivity contribution is -0.129. The number of carbonyl (C=O) groups is 2. The van der Waals surface area contributed by atoms with E-state index in [-0.39, 0.29) is 17.9 Å². The van der Waals surface area contributed by atoms with Crippen molar-refractivity contribution in [2.45, 2.75) is 31.8 Å². The fraction of sp³-hybridized carbons (Fsp3) is 0.467. The lowest BCUT2D eigenvalue weighted by Crippen LogP contribution is -2.45. The summed E-state index contributed by atoms with van der Waals surface area (Å²) in [5.74, 6) is -0.0474. The highest BCUT2D eigenvalue weighted by Gasteiger charge is 2.23. The molecule has 108 valence electrons. The molecule has 20 heavy (non-hydrogen) atoms. The molecule has 2 unspecified atom stereocenters. The van der Waals surface area contributed by atoms with E-state index in [1.165, 1.54) is 0 Å². The summed E-state index contributed by atoms with van der Waals surface area (Å²) in [6.07, 6.45) is 1.52. The minimum Gasteiger partial charge on any atom is -0.350 e. The Balaban J connectivity index is 1.86. The molecule has 3 N–H and O–H groups in total. The second-order valence-electron chi connectivity index (χ2n) is 5.24. The molecule has 2 amide bonds. The average Bonchev–Trinajstić information content (AvgIpc) is 2.84. The molecule has 0 radical (unpaired) electrons. The normalized spacial score (nSPS) is 17.9. The van der Waals surface area contributed by atoms with E-state index in [1.807, 2.05) is 37.3 Å². The van der Waals surface area contributed by atoms with E-state index in [9.17, 15) is 9.59 Å². The molecular weight excluding hydrogens is 254 g/mol. The molecule has 5 heteroatoms. The summed E-state index contributed by atoms with van der Waals surface area (Å²) in [5, 5.41) is 2.87. The Morgan fingerprint density at radius 3 is 2.70 bits per heavy atom. The molecule has 0 bridgehead atoms. The predicted octanol–water partition coefficient (Wildman–Crippen LogP) is 0.814. The van der Waals surface area contributed by atoms with E-state index < -0.39 is 6.04 Å². The van der Waals surface area contributed by atoms with Crippen molar-refractivity contribution in [2.24, 2.45) is 5.73 Å². The summed E-state index contributed by atoms with van der Waals surface area (Å²) in [6, 6.07) is 8.49. The molecule has 1 heterocycles. The van der Waals surface area contributed by atoms with Gasteiger partial charge in [-0.2, -0.15) is 0 Å². The molecular formula is C15H21N3O2. The molecule has 2 atom stereocenters. The number of nitrogens with zero attached hydrogens (tertiary/aromatic N) is 1. The Morgan fingerprint density at radius 1 is 1.40 bits per heavy atom. The molecule has 2 rings (SSSR count). The number of amides is 2. The summed E-state index contributed by atoms with van der Waals surface area (Å²) in [5.41, 5.74) is 6.72. The number of hydrogen-bond acceptors (Lipinski definition) is 3. The summed E-state index contributed by atoms with van der Waals surface area (Å²) in [6.45, 7) is 3.22. The van der Waals surface area contributed by atoms with Crippen LogP contribution in [-0.4, -0.2) is 35.8 Å². The first-order valence-corrected chi connectivity index (χ1v) is 6.96. The lowest BCUT2D eigenvalue weighted by atomic mass is 10.1. The molecule has 1 aliphatic rings. The maximum absolute atomic E-state index is 12.1. The van der Waals surface area contributed by atoms with Crippen LogP contribution in [0.4, 0.5) is 0 Å². The van der Waals surface area contributed by atoms with Crippen LogP contribution in [0.2, 0.25) is 0 Å². The van der Waals surface area contributed by atoms with Gasteiger partial charge in [0.25, 0.3) is 0 Å². The zero-order valence-electron chi connectivity index (χ0n) is 11.7. The molecule has 0 spiro atoms. The number of benzene rings is 1. The van der Waals surface area contributed by atoms with E-state index in [4.69, 9.17) is 5.73 Å². The highest BCUT2D eigenvalue weighted by Crippen LogP contribution is 2.12. The number of nitrogens with two attached hydrogens (primary N) is 1. The van der Waals surface area contributed by atoms with Crippen LogP contribution < -0.4 is 11.1 Å². The van der Waals surface area contributed by atoms with Gasteiger partial charge in [0, 0.05) is 25.6 Å². The van der Waals surface area contributed by atoms with Crippen LogP contribution in [0.15, 0.2) is 30.3 Å². The van der Waals surface area contributed by atoms with Crippen LogP contribution in [0.3, 0.4) is 0 Å². The Labute approximate surface area is 119 Å². The maximum Gasteiger partial charge on any atom is 0.241 e. The van der Waals surface area contributed by atoms with Crippen LogP contribution in [0.5, 0.6) is 0 Å². The van der Waals surface area contributed by atoms with Crippen LogP contribution in [0.1, 0.15) is 31.4 Å². The summed E-state index contributed by atoms with van der Waals surface area (Å²) < 4.78 is 0.